The van der Waals surface area contributed by atoms with Crippen LogP contribution in [0.2, 0.25) is 0 Å². The molecule has 1 aliphatic rings. The van der Waals surface area contributed by atoms with Gasteiger partial charge in [-0.3, -0.25) is 4.52 Å². The Balaban J connectivity index is 1.68. The summed E-state index contributed by atoms with van der Waals surface area (Å²) in [6, 6.07) is 17.6. The van der Waals surface area contributed by atoms with Crippen LogP contribution < -0.4 is 9.05 Å². The maximum absolute atomic E-state index is 13.1. The molecule has 0 bridgehead atoms. The fourth-order valence-corrected chi connectivity index (χ4v) is 3.69. The van der Waals surface area contributed by atoms with Crippen molar-refractivity contribution in [1.29, 1.82) is 0 Å². The van der Waals surface area contributed by atoms with Crippen molar-refractivity contribution >= 4 is 7.82 Å². The molecule has 2 atom stereocenters. The predicted octanol–water partition coefficient (Wildman–Crippen LogP) is 4.42. The average Bonchev–Trinajstić information content (AvgIpc) is 3.10. The first-order valence-corrected chi connectivity index (χ1v) is 9.55. The summed E-state index contributed by atoms with van der Waals surface area (Å²) in [5.41, 5.74) is 0. The molecule has 1 aliphatic heterocycles. The second kappa shape index (κ2) is 8.50. The lowest BCUT2D eigenvalue weighted by atomic mass is 10.2. The molecule has 0 aromatic heterocycles. The first kappa shape index (κ1) is 18.0. The Morgan fingerprint density at radius 3 is 2.00 bits per heavy atom. The molecule has 6 nitrogen and oxygen atoms in total. The van der Waals surface area contributed by atoms with E-state index < -0.39 is 7.82 Å². The van der Waals surface area contributed by atoms with Crippen LogP contribution in [0.15, 0.2) is 60.7 Å². The molecule has 134 valence electrons. The number of hydrogen-bond donors (Lipinski definition) is 0. The zero-order chi connectivity index (χ0) is 17.5. The van der Waals surface area contributed by atoms with Gasteiger partial charge in [0.2, 0.25) is 0 Å². The number of ether oxygens (including phenoxy) is 2. The summed E-state index contributed by atoms with van der Waals surface area (Å²) in [6.07, 6.45) is 1.07. The van der Waals surface area contributed by atoms with Crippen LogP contribution in [-0.4, -0.2) is 26.1 Å². The summed E-state index contributed by atoms with van der Waals surface area (Å²) in [4.78, 5) is 0. The van der Waals surface area contributed by atoms with E-state index in [9.17, 15) is 4.57 Å². The van der Waals surface area contributed by atoms with E-state index in [1.807, 2.05) is 12.1 Å². The Bertz CT molecular complexity index is 648. The molecule has 0 spiro atoms. The van der Waals surface area contributed by atoms with Gasteiger partial charge in [-0.1, -0.05) is 36.4 Å². The largest absolute Gasteiger partial charge is 0.587 e. The summed E-state index contributed by atoms with van der Waals surface area (Å²) in [5.74, 6) is 0.813. The normalized spacial score (nSPS) is 20.4. The van der Waals surface area contributed by atoms with Gasteiger partial charge in [0.05, 0.1) is 12.7 Å². The zero-order valence-corrected chi connectivity index (χ0v) is 14.8. The summed E-state index contributed by atoms with van der Waals surface area (Å²) in [5, 5.41) is 0. The van der Waals surface area contributed by atoms with E-state index in [2.05, 4.69) is 0 Å². The highest BCUT2D eigenvalue weighted by Crippen LogP contribution is 2.50. The van der Waals surface area contributed by atoms with Crippen molar-refractivity contribution in [3.8, 4) is 11.5 Å². The van der Waals surface area contributed by atoms with Crippen molar-refractivity contribution in [2.24, 2.45) is 0 Å². The van der Waals surface area contributed by atoms with E-state index in [0.29, 0.717) is 11.5 Å². The van der Waals surface area contributed by atoms with E-state index >= 15 is 0 Å². The van der Waals surface area contributed by atoms with Gasteiger partial charge >= 0.3 is 7.82 Å². The minimum absolute atomic E-state index is 0.0941. The molecular formula is C18H21O6P. The van der Waals surface area contributed by atoms with Crippen LogP contribution in [0, 0.1) is 0 Å². The number of rotatable bonds is 8. The van der Waals surface area contributed by atoms with Crippen molar-refractivity contribution in [2.45, 2.75) is 25.2 Å². The molecule has 2 unspecified atom stereocenters. The van der Waals surface area contributed by atoms with Gasteiger partial charge in [0.1, 0.15) is 11.5 Å². The second-order valence-electron chi connectivity index (χ2n) is 5.55. The standard InChI is InChI=1S/C18H21O6P/c1-20-18-13-12-17(22-18)14-21-25(19,23-15-8-4-2-5-9-15)24-16-10-6-3-7-11-16/h2-11,17-18H,12-14H2,1H3. The molecular weight excluding hydrogens is 343 g/mol. The van der Waals surface area contributed by atoms with Gasteiger partial charge in [0.15, 0.2) is 6.29 Å². The smallest absolute Gasteiger partial charge is 0.395 e. The summed E-state index contributed by atoms with van der Waals surface area (Å²) in [7, 11) is -2.27. The number of benzene rings is 2. The van der Waals surface area contributed by atoms with Crippen LogP contribution in [0.25, 0.3) is 0 Å². The summed E-state index contributed by atoms with van der Waals surface area (Å²) in [6.45, 7) is 0.0941. The van der Waals surface area contributed by atoms with E-state index in [-0.39, 0.29) is 19.0 Å². The van der Waals surface area contributed by atoms with Gasteiger partial charge in [0, 0.05) is 13.5 Å². The highest BCUT2D eigenvalue weighted by atomic mass is 31.2. The maximum atomic E-state index is 13.1. The fourth-order valence-electron chi connectivity index (χ4n) is 2.44. The van der Waals surface area contributed by atoms with Crippen molar-refractivity contribution in [3.63, 3.8) is 0 Å². The second-order valence-corrected chi connectivity index (χ2v) is 7.07. The van der Waals surface area contributed by atoms with Crippen molar-refractivity contribution < 1.29 is 27.6 Å². The maximum Gasteiger partial charge on any atom is 0.587 e. The number of hydrogen-bond acceptors (Lipinski definition) is 6. The van der Waals surface area contributed by atoms with Crippen LogP contribution in [0.3, 0.4) is 0 Å². The Morgan fingerprint density at radius 1 is 0.960 bits per heavy atom. The predicted molar refractivity (Wildman–Crippen MR) is 92.6 cm³/mol. The third-order valence-electron chi connectivity index (χ3n) is 3.67. The molecule has 0 N–H and O–H groups in total. The Hall–Kier alpha value is -1.85. The van der Waals surface area contributed by atoms with Crippen LogP contribution in [0.1, 0.15) is 12.8 Å². The number of methoxy groups -OCH3 is 1. The number of phosphoric ester groups is 1. The molecule has 3 rings (SSSR count). The van der Waals surface area contributed by atoms with E-state index in [1.54, 1.807) is 55.6 Å². The molecule has 25 heavy (non-hydrogen) atoms. The quantitative estimate of drug-likeness (QED) is 0.646. The fraction of sp³-hybridized carbons (Fsp3) is 0.333. The lowest BCUT2D eigenvalue weighted by Crippen LogP contribution is -2.19. The first-order chi connectivity index (χ1) is 12.2. The molecule has 0 saturated carbocycles. The summed E-state index contributed by atoms with van der Waals surface area (Å²) >= 11 is 0. The van der Waals surface area contributed by atoms with Gasteiger partial charge in [-0.15, -0.1) is 0 Å². The van der Waals surface area contributed by atoms with Crippen LogP contribution in [0.4, 0.5) is 0 Å². The van der Waals surface area contributed by atoms with Crippen molar-refractivity contribution in [1.82, 2.24) is 0 Å². The van der Waals surface area contributed by atoms with Crippen LogP contribution in [0.5, 0.6) is 11.5 Å². The molecule has 2 aromatic carbocycles. The van der Waals surface area contributed by atoms with Crippen LogP contribution in [-0.2, 0) is 18.6 Å². The Kier molecular flexibility index (Phi) is 6.10. The van der Waals surface area contributed by atoms with Gasteiger partial charge < -0.3 is 18.5 Å². The molecule has 0 radical (unpaired) electrons. The lowest BCUT2D eigenvalue weighted by molar-refractivity contribution is -0.121. The van der Waals surface area contributed by atoms with Crippen molar-refractivity contribution in [2.75, 3.05) is 13.7 Å². The third-order valence-corrected chi connectivity index (χ3v) is 5.00. The zero-order valence-electron chi connectivity index (χ0n) is 13.9. The highest BCUT2D eigenvalue weighted by molar-refractivity contribution is 7.49. The average molecular weight is 364 g/mol. The Morgan fingerprint density at radius 2 is 1.52 bits per heavy atom. The minimum Gasteiger partial charge on any atom is -0.395 e. The monoisotopic (exact) mass is 364 g/mol. The van der Waals surface area contributed by atoms with Gasteiger partial charge in [0.25, 0.3) is 0 Å². The first-order valence-electron chi connectivity index (χ1n) is 8.09. The number of phosphoric acid groups is 1. The van der Waals surface area contributed by atoms with Gasteiger partial charge in [-0.05, 0) is 30.7 Å². The minimum atomic E-state index is -3.86. The van der Waals surface area contributed by atoms with E-state index in [4.69, 9.17) is 23.0 Å². The van der Waals surface area contributed by atoms with Gasteiger partial charge in [-0.2, -0.15) is 0 Å². The van der Waals surface area contributed by atoms with E-state index in [1.165, 1.54) is 0 Å². The molecule has 7 heteroatoms. The summed E-state index contributed by atoms with van der Waals surface area (Å²) < 4.78 is 40.5. The number of para-hydroxylation sites is 2. The molecule has 1 fully saturated rings. The molecule has 1 heterocycles. The molecule has 1 saturated heterocycles. The Labute approximate surface area is 147 Å². The van der Waals surface area contributed by atoms with E-state index in [0.717, 1.165) is 12.8 Å². The molecule has 2 aromatic rings. The molecule has 0 amide bonds. The van der Waals surface area contributed by atoms with Gasteiger partial charge in [-0.25, -0.2) is 4.57 Å². The molecule has 0 aliphatic carbocycles. The van der Waals surface area contributed by atoms with Crippen LogP contribution >= 0.6 is 7.82 Å². The lowest BCUT2D eigenvalue weighted by Gasteiger charge is -2.20. The topological polar surface area (TPSA) is 63.2 Å². The van der Waals surface area contributed by atoms with Crippen molar-refractivity contribution in [3.05, 3.63) is 60.7 Å². The SMILES string of the molecule is COC1CCC(COP(=O)(Oc2ccccc2)Oc2ccccc2)O1. The third kappa shape index (κ3) is 5.31. The highest BCUT2D eigenvalue weighted by Gasteiger charge is 2.34.